The van der Waals surface area contributed by atoms with Crippen molar-refractivity contribution in [2.75, 3.05) is 26.2 Å². The van der Waals surface area contributed by atoms with Crippen molar-refractivity contribution in [3.63, 3.8) is 0 Å². The van der Waals surface area contributed by atoms with Gasteiger partial charge in [-0.15, -0.1) is 0 Å². The maximum atomic E-state index is 12.1. The van der Waals surface area contributed by atoms with Crippen LogP contribution in [-0.4, -0.2) is 47.9 Å². The van der Waals surface area contributed by atoms with Crippen molar-refractivity contribution >= 4 is 5.91 Å². The monoisotopic (exact) mass is 344 g/mol. The van der Waals surface area contributed by atoms with E-state index in [0.717, 1.165) is 12.8 Å². The van der Waals surface area contributed by atoms with E-state index in [1.54, 1.807) is 0 Å². The summed E-state index contributed by atoms with van der Waals surface area (Å²) in [4.78, 5) is 11.8. The van der Waals surface area contributed by atoms with Crippen molar-refractivity contribution in [2.24, 2.45) is 0 Å². The number of aliphatic hydroxyl groups is 1. The van der Waals surface area contributed by atoms with Gasteiger partial charge in [-0.1, -0.05) is 58.3 Å². The molecule has 0 aliphatic carbocycles. The van der Waals surface area contributed by atoms with E-state index in [1.165, 1.54) is 44.9 Å². The summed E-state index contributed by atoms with van der Waals surface area (Å²) in [6, 6.07) is 0. The summed E-state index contributed by atoms with van der Waals surface area (Å²) in [6.45, 7) is 7.09. The third-order valence-electron chi connectivity index (χ3n) is 4.74. The number of nitrogens with one attached hydrogen (secondary N) is 1. The minimum atomic E-state index is -0.769. The molecule has 0 heterocycles. The van der Waals surface area contributed by atoms with Gasteiger partial charge in [0.2, 0.25) is 5.91 Å². The molecule has 0 unspecified atom stereocenters. The number of rotatable bonds is 16. The molecule has 0 saturated carbocycles. The van der Waals surface area contributed by atoms with E-state index in [2.05, 4.69) is 12.2 Å². The Labute approximate surface area is 149 Å². The summed E-state index contributed by atoms with van der Waals surface area (Å²) in [5.41, 5.74) is 0. The number of aliphatic hydroxyl groups excluding tert-OH is 1. The van der Waals surface area contributed by atoms with Crippen LogP contribution in [0.25, 0.3) is 0 Å². The predicted molar refractivity (Wildman–Crippen MR) is 100 cm³/mol. The number of quaternary nitrogens is 1. The molecule has 0 bridgehead atoms. The Morgan fingerprint density at radius 2 is 1.46 bits per heavy atom. The van der Waals surface area contributed by atoms with Crippen LogP contribution >= 0.6 is 0 Å². The van der Waals surface area contributed by atoms with Crippen molar-refractivity contribution in [3.05, 3.63) is 5.21 Å². The summed E-state index contributed by atoms with van der Waals surface area (Å²) >= 11 is 0. The summed E-state index contributed by atoms with van der Waals surface area (Å²) < 4.78 is -0.407. The van der Waals surface area contributed by atoms with Crippen molar-refractivity contribution < 1.29 is 14.5 Å². The first-order valence-corrected chi connectivity index (χ1v) is 9.99. The Hall–Kier alpha value is -0.650. The van der Waals surface area contributed by atoms with Crippen LogP contribution in [0.15, 0.2) is 0 Å². The van der Waals surface area contributed by atoms with Gasteiger partial charge in [-0.3, -0.25) is 4.79 Å². The zero-order valence-electron chi connectivity index (χ0n) is 16.2. The number of hydrogen-bond acceptors (Lipinski definition) is 3. The SMILES string of the molecule is CCCCCCCCCCCC(=O)NC[C@H](O)C[N+]([O-])(CC)CC. The van der Waals surface area contributed by atoms with Crippen molar-refractivity contribution in [3.8, 4) is 0 Å². The maximum Gasteiger partial charge on any atom is 0.220 e. The van der Waals surface area contributed by atoms with Gasteiger partial charge in [0.15, 0.2) is 0 Å². The van der Waals surface area contributed by atoms with Crippen LogP contribution in [-0.2, 0) is 4.79 Å². The van der Waals surface area contributed by atoms with Crippen LogP contribution < -0.4 is 5.32 Å². The molecule has 1 amide bonds. The van der Waals surface area contributed by atoms with Crippen LogP contribution in [0.3, 0.4) is 0 Å². The highest BCUT2D eigenvalue weighted by Crippen LogP contribution is 2.10. The number of likely N-dealkylation sites (N-methyl/N-ethyl adjacent to an activating group) is 1. The van der Waals surface area contributed by atoms with E-state index >= 15 is 0 Å². The maximum absolute atomic E-state index is 12.1. The Balaban J connectivity index is 3.56. The standard InChI is InChI=1S/C19H40N2O3/c1-4-7-8-9-10-11-12-13-14-15-19(23)20-16-18(22)17-21(24,5-2)6-3/h18,22H,4-17H2,1-3H3,(H,20,23)/t18-/m0/s1. The van der Waals surface area contributed by atoms with Gasteiger partial charge < -0.3 is 20.3 Å². The third kappa shape index (κ3) is 12.7. The van der Waals surface area contributed by atoms with Crippen molar-refractivity contribution in [2.45, 2.75) is 91.1 Å². The molecule has 0 saturated heterocycles. The van der Waals surface area contributed by atoms with Gasteiger partial charge >= 0.3 is 0 Å². The Bertz CT molecular complexity index is 307. The van der Waals surface area contributed by atoms with Gasteiger partial charge in [0.1, 0.15) is 12.6 Å². The smallest absolute Gasteiger partial charge is 0.220 e. The number of hydroxylamine groups is 3. The molecule has 0 aromatic rings. The molecular weight excluding hydrogens is 304 g/mol. The predicted octanol–water partition coefficient (Wildman–Crippen LogP) is 3.74. The zero-order chi connectivity index (χ0) is 18.3. The minimum Gasteiger partial charge on any atom is -0.633 e. The van der Waals surface area contributed by atoms with Crippen molar-refractivity contribution in [1.29, 1.82) is 0 Å². The van der Waals surface area contributed by atoms with Gasteiger partial charge in [-0.05, 0) is 20.3 Å². The van der Waals surface area contributed by atoms with Gasteiger partial charge in [0, 0.05) is 13.0 Å². The van der Waals surface area contributed by atoms with Crippen LogP contribution in [0.4, 0.5) is 0 Å². The average Bonchev–Trinajstić information content (AvgIpc) is 2.58. The van der Waals surface area contributed by atoms with E-state index in [4.69, 9.17) is 0 Å². The number of hydrogen-bond donors (Lipinski definition) is 2. The van der Waals surface area contributed by atoms with Crippen LogP contribution in [0.1, 0.15) is 85.0 Å². The summed E-state index contributed by atoms with van der Waals surface area (Å²) in [5.74, 6) is -0.0195. The normalized spacial score (nSPS) is 13.0. The highest BCUT2D eigenvalue weighted by Gasteiger charge is 2.18. The lowest BCUT2D eigenvalue weighted by molar-refractivity contribution is -0.880. The fourth-order valence-electron chi connectivity index (χ4n) is 2.85. The van der Waals surface area contributed by atoms with E-state index in [9.17, 15) is 15.1 Å². The highest BCUT2D eigenvalue weighted by atomic mass is 16.5. The van der Waals surface area contributed by atoms with E-state index in [-0.39, 0.29) is 19.0 Å². The third-order valence-corrected chi connectivity index (χ3v) is 4.74. The number of amides is 1. The number of unbranched alkanes of at least 4 members (excludes halogenated alkanes) is 8. The van der Waals surface area contributed by atoms with Gasteiger partial charge in [-0.2, -0.15) is 0 Å². The second kappa shape index (κ2) is 14.7. The number of carbonyl (C=O) groups is 1. The van der Waals surface area contributed by atoms with Crippen molar-refractivity contribution in [1.82, 2.24) is 5.32 Å². The van der Waals surface area contributed by atoms with E-state index < -0.39 is 10.8 Å². The molecule has 144 valence electrons. The molecule has 1 atom stereocenters. The average molecular weight is 345 g/mol. The molecule has 0 aliphatic heterocycles. The first kappa shape index (κ1) is 23.4. The summed E-state index contributed by atoms with van der Waals surface area (Å²) in [5, 5.41) is 24.8. The molecule has 2 N–H and O–H groups in total. The molecule has 5 heteroatoms. The largest absolute Gasteiger partial charge is 0.633 e. The molecule has 0 fully saturated rings. The van der Waals surface area contributed by atoms with Crippen LogP contribution in [0.2, 0.25) is 0 Å². The number of carbonyl (C=O) groups excluding carboxylic acids is 1. The summed E-state index contributed by atoms with van der Waals surface area (Å²) in [7, 11) is 0. The first-order valence-electron chi connectivity index (χ1n) is 9.99. The molecular formula is C19H40N2O3. The van der Waals surface area contributed by atoms with Gasteiger partial charge in [-0.25, -0.2) is 0 Å². The topological polar surface area (TPSA) is 72.4 Å². The molecule has 0 rings (SSSR count). The molecule has 0 aromatic heterocycles. The van der Waals surface area contributed by atoms with E-state index in [1.807, 2.05) is 13.8 Å². The lowest BCUT2D eigenvalue weighted by Crippen LogP contribution is -2.49. The second-order valence-corrected chi connectivity index (χ2v) is 6.91. The lowest BCUT2D eigenvalue weighted by Gasteiger charge is -2.42. The molecule has 0 radical (unpaired) electrons. The molecule has 5 nitrogen and oxygen atoms in total. The fourth-order valence-corrected chi connectivity index (χ4v) is 2.85. The molecule has 0 aliphatic rings. The summed E-state index contributed by atoms with van der Waals surface area (Å²) in [6.07, 6.45) is 10.8. The lowest BCUT2D eigenvalue weighted by atomic mass is 10.1. The fraction of sp³-hybridized carbons (Fsp3) is 0.947. The second-order valence-electron chi connectivity index (χ2n) is 6.91. The minimum absolute atomic E-state index is 0.0195. The first-order chi connectivity index (χ1) is 11.5. The van der Waals surface area contributed by atoms with Gasteiger partial charge in [0.25, 0.3) is 0 Å². The highest BCUT2D eigenvalue weighted by molar-refractivity contribution is 5.75. The zero-order valence-corrected chi connectivity index (χ0v) is 16.2. The van der Waals surface area contributed by atoms with Crippen LogP contribution in [0, 0.1) is 5.21 Å². The molecule has 0 spiro atoms. The molecule has 0 aromatic carbocycles. The van der Waals surface area contributed by atoms with E-state index in [0.29, 0.717) is 19.5 Å². The van der Waals surface area contributed by atoms with Crippen LogP contribution in [0.5, 0.6) is 0 Å². The Morgan fingerprint density at radius 3 is 1.96 bits per heavy atom. The quantitative estimate of drug-likeness (QED) is 0.254. The Kier molecular flexibility index (Phi) is 14.3. The molecule has 24 heavy (non-hydrogen) atoms. The van der Waals surface area contributed by atoms with Gasteiger partial charge in [0.05, 0.1) is 13.1 Å². The number of nitrogens with zero attached hydrogens (tertiary/aromatic N) is 1. The Morgan fingerprint density at radius 1 is 0.958 bits per heavy atom.